The van der Waals surface area contributed by atoms with Crippen LogP contribution in [0, 0.1) is 0 Å². The zero-order valence-electron chi connectivity index (χ0n) is 14.5. The summed E-state index contributed by atoms with van der Waals surface area (Å²) in [6.45, 7) is 8.04. The smallest absolute Gasteiger partial charge is 0.120 e. The van der Waals surface area contributed by atoms with Crippen LogP contribution in [0.2, 0.25) is 5.02 Å². The molecule has 2 aromatic carbocycles. The summed E-state index contributed by atoms with van der Waals surface area (Å²) in [5.41, 5.74) is 2.36. The second-order valence-electron chi connectivity index (χ2n) is 6.33. The van der Waals surface area contributed by atoms with E-state index in [0.29, 0.717) is 6.61 Å². The molecule has 2 aromatic rings. The third-order valence-electron chi connectivity index (χ3n) is 4.36. The number of ether oxygens (including phenoxy) is 1. The first kappa shape index (κ1) is 18.2. The number of hydrogen-bond acceptors (Lipinski definition) is 4. The van der Waals surface area contributed by atoms with Gasteiger partial charge in [0.25, 0.3) is 0 Å². The van der Waals surface area contributed by atoms with Crippen molar-refractivity contribution in [3.63, 3.8) is 0 Å². The Balaban J connectivity index is 1.40. The maximum absolute atomic E-state index is 5.91. The van der Waals surface area contributed by atoms with Gasteiger partial charge in [-0.05, 0) is 35.4 Å². The molecule has 1 aliphatic rings. The Bertz CT molecular complexity index is 642. The van der Waals surface area contributed by atoms with Crippen molar-refractivity contribution < 1.29 is 4.74 Å². The molecule has 0 aliphatic carbocycles. The SMILES string of the molecule is Clc1ccc(COc2cccc(CNCCN3CCNCC3)c2)cc1. The standard InChI is InChI=1S/C20H26ClN3O/c21-19-6-4-17(5-7-19)16-25-20-3-1-2-18(14-20)15-23-10-13-24-11-8-22-9-12-24/h1-7,14,22-23H,8-13,15-16H2. The highest BCUT2D eigenvalue weighted by Gasteiger charge is 2.08. The third kappa shape index (κ3) is 6.33. The molecule has 0 aromatic heterocycles. The predicted octanol–water partition coefficient (Wildman–Crippen LogP) is 2.91. The minimum atomic E-state index is 0.553. The van der Waals surface area contributed by atoms with Crippen LogP contribution in [0.4, 0.5) is 0 Å². The van der Waals surface area contributed by atoms with Gasteiger partial charge in [-0.25, -0.2) is 0 Å². The van der Waals surface area contributed by atoms with Crippen LogP contribution >= 0.6 is 11.6 Å². The molecule has 2 N–H and O–H groups in total. The van der Waals surface area contributed by atoms with Crippen LogP contribution in [-0.2, 0) is 13.2 Å². The van der Waals surface area contributed by atoms with Crippen LogP contribution in [-0.4, -0.2) is 44.2 Å². The van der Waals surface area contributed by atoms with Crippen molar-refractivity contribution in [2.24, 2.45) is 0 Å². The molecule has 1 heterocycles. The van der Waals surface area contributed by atoms with Gasteiger partial charge in [0.1, 0.15) is 12.4 Å². The molecule has 5 heteroatoms. The summed E-state index contributed by atoms with van der Waals surface area (Å²) in [7, 11) is 0. The van der Waals surface area contributed by atoms with E-state index in [1.54, 1.807) is 0 Å². The van der Waals surface area contributed by atoms with Gasteiger partial charge < -0.3 is 15.4 Å². The van der Waals surface area contributed by atoms with Crippen LogP contribution in [0.1, 0.15) is 11.1 Å². The lowest BCUT2D eigenvalue weighted by Gasteiger charge is -2.27. The van der Waals surface area contributed by atoms with Crippen molar-refractivity contribution in [1.29, 1.82) is 0 Å². The van der Waals surface area contributed by atoms with Gasteiger partial charge >= 0.3 is 0 Å². The summed E-state index contributed by atoms with van der Waals surface area (Å²) in [5, 5.41) is 7.65. The summed E-state index contributed by atoms with van der Waals surface area (Å²) in [5.74, 6) is 0.899. The van der Waals surface area contributed by atoms with E-state index in [0.717, 1.165) is 62.1 Å². The monoisotopic (exact) mass is 359 g/mol. The van der Waals surface area contributed by atoms with E-state index in [1.807, 2.05) is 36.4 Å². The number of piperazine rings is 1. The van der Waals surface area contributed by atoms with E-state index in [-0.39, 0.29) is 0 Å². The Labute approximate surface area is 155 Å². The highest BCUT2D eigenvalue weighted by molar-refractivity contribution is 6.30. The van der Waals surface area contributed by atoms with Gasteiger partial charge in [0.2, 0.25) is 0 Å². The number of nitrogens with zero attached hydrogens (tertiary/aromatic N) is 1. The summed E-state index contributed by atoms with van der Waals surface area (Å²) in [6.07, 6.45) is 0. The molecule has 134 valence electrons. The number of hydrogen-bond donors (Lipinski definition) is 2. The number of halogens is 1. The van der Waals surface area contributed by atoms with Crippen LogP contribution in [0.25, 0.3) is 0 Å². The lowest BCUT2D eigenvalue weighted by atomic mass is 10.2. The minimum absolute atomic E-state index is 0.553. The summed E-state index contributed by atoms with van der Waals surface area (Å²) < 4.78 is 5.89. The van der Waals surface area contributed by atoms with Crippen molar-refractivity contribution in [1.82, 2.24) is 15.5 Å². The van der Waals surface area contributed by atoms with E-state index >= 15 is 0 Å². The van der Waals surface area contributed by atoms with Gasteiger partial charge in [0.05, 0.1) is 0 Å². The Hall–Kier alpha value is -1.59. The van der Waals surface area contributed by atoms with Crippen molar-refractivity contribution in [2.75, 3.05) is 39.3 Å². The third-order valence-corrected chi connectivity index (χ3v) is 4.61. The Morgan fingerprint density at radius 2 is 1.84 bits per heavy atom. The second-order valence-corrected chi connectivity index (χ2v) is 6.77. The van der Waals surface area contributed by atoms with E-state index in [1.165, 1.54) is 5.56 Å². The molecule has 0 atom stereocenters. The van der Waals surface area contributed by atoms with Gasteiger partial charge in [-0.3, -0.25) is 4.90 Å². The van der Waals surface area contributed by atoms with Crippen molar-refractivity contribution in [2.45, 2.75) is 13.2 Å². The molecule has 0 amide bonds. The Morgan fingerprint density at radius 1 is 1.04 bits per heavy atom. The summed E-state index contributed by atoms with van der Waals surface area (Å²) in [6, 6.07) is 16.0. The lowest BCUT2D eigenvalue weighted by molar-refractivity contribution is 0.241. The van der Waals surface area contributed by atoms with E-state index in [4.69, 9.17) is 16.3 Å². The van der Waals surface area contributed by atoms with Crippen LogP contribution < -0.4 is 15.4 Å². The van der Waals surface area contributed by atoms with Crippen molar-refractivity contribution in [3.8, 4) is 5.75 Å². The van der Waals surface area contributed by atoms with Gasteiger partial charge in [-0.1, -0.05) is 35.9 Å². The maximum Gasteiger partial charge on any atom is 0.120 e. The minimum Gasteiger partial charge on any atom is -0.489 e. The highest BCUT2D eigenvalue weighted by atomic mass is 35.5. The first-order valence-corrected chi connectivity index (χ1v) is 9.27. The van der Waals surface area contributed by atoms with Crippen molar-refractivity contribution >= 4 is 11.6 Å². The fourth-order valence-corrected chi connectivity index (χ4v) is 3.02. The summed E-state index contributed by atoms with van der Waals surface area (Å²) in [4.78, 5) is 2.50. The molecule has 1 fully saturated rings. The van der Waals surface area contributed by atoms with Crippen molar-refractivity contribution in [3.05, 3.63) is 64.7 Å². The zero-order valence-corrected chi connectivity index (χ0v) is 15.3. The average Bonchev–Trinajstić information content (AvgIpc) is 2.66. The summed E-state index contributed by atoms with van der Waals surface area (Å²) >= 11 is 5.91. The first-order valence-electron chi connectivity index (χ1n) is 8.89. The normalized spacial score (nSPS) is 15.2. The van der Waals surface area contributed by atoms with Gasteiger partial charge in [0.15, 0.2) is 0 Å². The fraction of sp³-hybridized carbons (Fsp3) is 0.400. The molecule has 0 saturated carbocycles. The molecule has 1 saturated heterocycles. The molecule has 0 radical (unpaired) electrons. The van der Waals surface area contributed by atoms with Crippen LogP contribution in [0.15, 0.2) is 48.5 Å². The molecule has 0 bridgehead atoms. The highest BCUT2D eigenvalue weighted by Crippen LogP contribution is 2.16. The average molecular weight is 360 g/mol. The zero-order chi connectivity index (χ0) is 17.3. The van der Waals surface area contributed by atoms with Gasteiger partial charge in [-0.2, -0.15) is 0 Å². The number of benzene rings is 2. The molecular formula is C20H26ClN3O. The van der Waals surface area contributed by atoms with E-state index < -0.39 is 0 Å². The molecule has 1 aliphatic heterocycles. The van der Waals surface area contributed by atoms with E-state index in [9.17, 15) is 0 Å². The quantitative estimate of drug-likeness (QED) is 0.710. The lowest BCUT2D eigenvalue weighted by Crippen LogP contribution is -2.45. The molecule has 4 nitrogen and oxygen atoms in total. The van der Waals surface area contributed by atoms with Gasteiger partial charge in [-0.15, -0.1) is 0 Å². The molecule has 0 spiro atoms. The predicted molar refractivity (Wildman–Crippen MR) is 103 cm³/mol. The number of nitrogens with one attached hydrogen (secondary N) is 2. The molecule has 25 heavy (non-hydrogen) atoms. The topological polar surface area (TPSA) is 36.5 Å². The van der Waals surface area contributed by atoms with Crippen LogP contribution in [0.5, 0.6) is 5.75 Å². The Kier molecular flexibility index (Phi) is 7.12. The molecular weight excluding hydrogens is 334 g/mol. The molecule has 3 rings (SSSR count). The first-order chi connectivity index (χ1) is 12.3. The fourth-order valence-electron chi connectivity index (χ4n) is 2.90. The maximum atomic E-state index is 5.91. The number of rotatable bonds is 8. The Morgan fingerprint density at radius 3 is 2.64 bits per heavy atom. The second kappa shape index (κ2) is 9.78. The van der Waals surface area contributed by atoms with Crippen LogP contribution in [0.3, 0.4) is 0 Å². The van der Waals surface area contributed by atoms with Gasteiger partial charge in [0, 0.05) is 50.8 Å². The molecule has 0 unspecified atom stereocenters. The largest absolute Gasteiger partial charge is 0.489 e. The van der Waals surface area contributed by atoms with E-state index in [2.05, 4.69) is 27.7 Å².